The van der Waals surface area contributed by atoms with Crippen molar-refractivity contribution in [3.63, 3.8) is 0 Å². The molecule has 1 unspecified atom stereocenters. The van der Waals surface area contributed by atoms with Crippen LogP contribution in [0.2, 0.25) is 0 Å². The molecule has 1 fully saturated rings. The lowest BCUT2D eigenvalue weighted by atomic mass is 10.1. The van der Waals surface area contributed by atoms with Crippen LogP contribution in [0.25, 0.3) is 0 Å². The summed E-state index contributed by atoms with van der Waals surface area (Å²) in [5, 5.41) is 10.1. The topological polar surface area (TPSA) is 85.2 Å². The molecule has 116 valence electrons. The fourth-order valence-electron chi connectivity index (χ4n) is 2.23. The Labute approximate surface area is 124 Å². The first kappa shape index (κ1) is 15.5. The van der Waals surface area contributed by atoms with E-state index in [1.54, 1.807) is 27.0 Å². The smallest absolute Gasteiger partial charge is 0.333 e. The van der Waals surface area contributed by atoms with Crippen molar-refractivity contribution in [2.45, 2.75) is 45.2 Å². The number of aromatic nitrogens is 2. The molecule has 0 radical (unpaired) electrons. The van der Waals surface area contributed by atoms with Crippen LogP contribution in [0.1, 0.15) is 33.6 Å². The fourth-order valence-corrected chi connectivity index (χ4v) is 2.23. The van der Waals surface area contributed by atoms with Crippen molar-refractivity contribution >= 4 is 17.6 Å². The maximum Gasteiger partial charge on any atom is 0.333 e. The van der Waals surface area contributed by atoms with Crippen LogP contribution in [-0.2, 0) is 19.9 Å². The zero-order valence-corrected chi connectivity index (χ0v) is 12.7. The molecule has 0 bridgehead atoms. The molecule has 7 heteroatoms. The molecule has 0 aliphatic carbocycles. The molecule has 2 rings (SSSR count). The molecule has 1 aromatic heterocycles. The molecule has 1 aromatic rings. The second-order valence-corrected chi connectivity index (χ2v) is 5.59. The number of hydrogen-bond acceptors (Lipinski definition) is 5. The van der Waals surface area contributed by atoms with Crippen LogP contribution in [-0.4, -0.2) is 40.9 Å². The first-order valence-electron chi connectivity index (χ1n) is 7.21. The highest BCUT2D eigenvalue weighted by Crippen LogP contribution is 2.19. The molecule has 0 spiro atoms. The van der Waals surface area contributed by atoms with Gasteiger partial charge in [0.2, 0.25) is 5.91 Å². The standard InChI is InChI=1S/C14H22N4O3/c1-4-21-13(20)14(2,3)18-9-10(8-16-18)17-12(19)11-6-5-7-15-11/h8-9,11,15H,4-7H2,1-3H3,(H,17,19). The number of amides is 1. The number of carbonyl (C=O) groups excluding carboxylic acids is 2. The van der Waals surface area contributed by atoms with Crippen molar-refractivity contribution in [2.24, 2.45) is 0 Å². The first-order valence-corrected chi connectivity index (χ1v) is 7.21. The van der Waals surface area contributed by atoms with E-state index in [0.29, 0.717) is 12.3 Å². The highest BCUT2D eigenvalue weighted by Gasteiger charge is 2.32. The number of rotatable bonds is 5. The third kappa shape index (κ3) is 3.41. The lowest BCUT2D eigenvalue weighted by molar-refractivity contribution is -0.152. The van der Waals surface area contributed by atoms with Gasteiger partial charge in [-0.1, -0.05) is 0 Å². The van der Waals surface area contributed by atoms with E-state index in [1.807, 2.05) is 0 Å². The van der Waals surface area contributed by atoms with Crippen LogP contribution in [0, 0.1) is 0 Å². The van der Waals surface area contributed by atoms with Crippen LogP contribution >= 0.6 is 0 Å². The molecule has 0 aromatic carbocycles. The lowest BCUT2D eigenvalue weighted by Gasteiger charge is -2.22. The fraction of sp³-hybridized carbons (Fsp3) is 0.643. The van der Waals surface area contributed by atoms with Crippen LogP contribution in [0.4, 0.5) is 5.69 Å². The van der Waals surface area contributed by atoms with Gasteiger partial charge in [0.25, 0.3) is 0 Å². The monoisotopic (exact) mass is 294 g/mol. The van der Waals surface area contributed by atoms with Gasteiger partial charge in [0, 0.05) is 6.20 Å². The Morgan fingerprint density at radius 2 is 2.33 bits per heavy atom. The quantitative estimate of drug-likeness (QED) is 0.787. The van der Waals surface area contributed by atoms with Crippen LogP contribution < -0.4 is 10.6 Å². The van der Waals surface area contributed by atoms with Crippen molar-refractivity contribution in [3.05, 3.63) is 12.4 Å². The molecule has 1 amide bonds. The summed E-state index contributed by atoms with van der Waals surface area (Å²) in [6.07, 6.45) is 5.03. The zero-order valence-electron chi connectivity index (χ0n) is 12.7. The van der Waals surface area contributed by atoms with E-state index in [-0.39, 0.29) is 17.9 Å². The van der Waals surface area contributed by atoms with Crippen molar-refractivity contribution in [1.82, 2.24) is 15.1 Å². The number of esters is 1. The Hall–Kier alpha value is -1.89. The Balaban J connectivity index is 2.03. The molecule has 2 N–H and O–H groups in total. The van der Waals surface area contributed by atoms with E-state index in [4.69, 9.17) is 4.74 Å². The van der Waals surface area contributed by atoms with E-state index < -0.39 is 5.54 Å². The Morgan fingerprint density at radius 3 is 2.95 bits per heavy atom. The Bertz CT molecular complexity index is 518. The minimum Gasteiger partial charge on any atom is -0.464 e. The van der Waals surface area contributed by atoms with Gasteiger partial charge in [0.15, 0.2) is 5.54 Å². The van der Waals surface area contributed by atoms with Gasteiger partial charge >= 0.3 is 5.97 Å². The number of carbonyl (C=O) groups is 2. The van der Waals surface area contributed by atoms with Crippen LogP contribution in [0.5, 0.6) is 0 Å². The summed E-state index contributed by atoms with van der Waals surface area (Å²) in [5.74, 6) is -0.426. The summed E-state index contributed by atoms with van der Waals surface area (Å²) in [5.41, 5.74) is -0.337. The van der Waals surface area contributed by atoms with Crippen LogP contribution in [0.15, 0.2) is 12.4 Å². The van der Waals surface area contributed by atoms with E-state index in [2.05, 4.69) is 15.7 Å². The van der Waals surface area contributed by atoms with Crippen LogP contribution in [0.3, 0.4) is 0 Å². The van der Waals surface area contributed by atoms with Gasteiger partial charge in [-0.25, -0.2) is 4.79 Å². The van der Waals surface area contributed by atoms with Gasteiger partial charge < -0.3 is 15.4 Å². The second kappa shape index (κ2) is 6.26. The third-order valence-electron chi connectivity index (χ3n) is 3.57. The number of ether oxygens (including phenoxy) is 1. The number of nitrogens with zero attached hydrogens (tertiary/aromatic N) is 2. The summed E-state index contributed by atoms with van der Waals surface area (Å²) < 4.78 is 6.54. The number of anilines is 1. The molecule has 1 atom stereocenters. The van der Waals surface area contributed by atoms with E-state index in [0.717, 1.165) is 19.4 Å². The molecular weight excluding hydrogens is 272 g/mol. The zero-order chi connectivity index (χ0) is 15.5. The molecule has 2 heterocycles. The number of nitrogens with one attached hydrogen (secondary N) is 2. The molecule has 0 saturated carbocycles. The molecule has 7 nitrogen and oxygen atoms in total. The molecule has 21 heavy (non-hydrogen) atoms. The van der Waals surface area contributed by atoms with Gasteiger partial charge in [-0.15, -0.1) is 0 Å². The number of hydrogen-bond donors (Lipinski definition) is 2. The van der Waals surface area contributed by atoms with Gasteiger partial charge in [-0.3, -0.25) is 9.48 Å². The van der Waals surface area contributed by atoms with Crippen molar-refractivity contribution < 1.29 is 14.3 Å². The molecule has 1 aliphatic heterocycles. The Morgan fingerprint density at radius 1 is 1.57 bits per heavy atom. The maximum absolute atomic E-state index is 12.0. The minimum atomic E-state index is -0.912. The summed E-state index contributed by atoms with van der Waals surface area (Å²) >= 11 is 0. The van der Waals surface area contributed by atoms with Crippen molar-refractivity contribution in [2.75, 3.05) is 18.5 Å². The maximum atomic E-state index is 12.0. The van der Waals surface area contributed by atoms with Gasteiger partial charge in [-0.2, -0.15) is 5.10 Å². The average Bonchev–Trinajstić information content (AvgIpc) is 3.10. The summed E-state index contributed by atoms with van der Waals surface area (Å²) in [6.45, 7) is 6.40. The summed E-state index contributed by atoms with van der Waals surface area (Å²) in [7, 11) is 0. The van der Waals surface area contributed by atoms with Gasteiger partial charge in [-0.05, 0) is 40.2 Å². The Kier molecular flexibility index (Phi) is 4.62. The van der Waals surface area contributed by atoms with Crippen molar-refractivity contribution in [1.29, 1.82) is 0 Å². The second-order valence-electron chi connectivity index (χ2n) is 5.59. The molecule has 1 saturated heterocycles. The highest BCUT2D eigenvalue weighted by molar-refractivity contribution is 5.94. The van der Waals surface area contributed by atoms with E-state index >= 15 is 0 Å². The predicted molar refractivity (Wildman–Crippen MR) is 77.8 cm³/mol. The largest absolute Gasteiger partial charge is 0.464 e. The molecule has 1 aliphatic rings. The minimum absolute atomic E-state index is 0.0685. The van der Waals surface area contributed by atoms with E-state index in [1.165, 1.54) is 10.9 Å². The van der Waals surface area contributed by atoms with E-state index in [9.17, 15) is 9.59 Å². The SMILES string of the molecule is CCOC(=O)C(C)(C)n1cc(NC(=O)C2CCCN2)cn1. The predicted octanol–water partition coefficient (Wildman–Crippen LogP) is 0.872. The summed E-state index contributed by atoms with van der Waals surface area (Å²) in [4.78, 5) is 23.9. The average molecular weight is 294 g/mol. The van der Waals surface area contributed by atoms with Gasteiger partial charge in [0.1, 0.15) is 0 Å². The summed E-state index contributed by atoms with van der Waals surface area (Å²) in [6, 6.07) is -0.147. The third-order valence-corrected chi connectivity index (χ3v) is 3.57. The lowest BCUT2D eigenvalue weighted by Crippen LogP contribution is -2.38. The normalized spacial score (nSPS) is 18.5. The first-order chi connectivity index (χ1) is 9.95. The molecular formula is C14H22N4O3. The van der Waals surface area contributed by atoms with Crippen molar-refractivity contribution in [3.8, 4) is 0 Å². The van der Waals surface area contributed by atoms with Gasteiger partial charge in [0.05, 0.1) is 24.5 Å². The highest BCUT2D eigenvalue weighted by atomic mass is 16.5.